The third-order valence-electron chi connectivity index (χ3n) is 21.8. The fourth-order valence-electron chi connectivity index (χ4n) is 14.2. The van der Waals surface area contributed by atoms with E-state index < -0.39 is 0 Å². The van der Waals surface area contributed by atoms with Gasteiger partial charge in [-0.05, 0) is 245 Å². The van der Waals surface area contributed by atoms with Gasteiger partial charge in [-0.15, -0.1) is 0 Å². The minimum atomic E-state index is -0.108. The van der Waals surface area contributed by atoms with Crippen LogP contribution in [0.3, 0.4) is 0 Å². The van der Waals surface area contributed by atoms with Gasteiger partial charge in [0, 0.05) is 98.8 Å². The number of anilines is 6. The molecule has 630 valence electrons. The summed E-state index contributed by atoms with van der Waals surface area (Å²) in [6.45, 7) is 32.6. The quantitative estimate of drug-likeness (QED) is 0.0310. The third kappa shape index (κ3) is 27.5. The number of Topliss-reactive ketones (excluding diaryl/α,β-unsaturated/α-hetero) is 1. The Morgan fingerprint density at radius 1 is 0.421 bits per heavy atom. The highest BCUT2D eigenvalue weighted by atomic mass is 16.5. The number of piperidine rings is 1. The van der Waals surface area contributed by atoms with Crippen LogP contribution in [0.1, 0.15) is 166 Å². The lowest BCUT2D eigenvalue weighted by molar-refractivity contribution is 0.0374. The van der Waals surface area contributed by atoms with Crippen molar-refractivity contribution in [3.05, 3.63) is 255 Å². The van der Waals surface area contributed by atoms with Crippen LogP contribution in [0.15, 0.2) is 170 Å². The maximum Gasteiger partial charge on any atom is 0.251 e. The first-order valence-corrected chi connectivity index (χ1v) is 42.1. The lowest BCUT2D eigenvalue weighted by Gasteiger charge is -2.26. The molecule has 6 aromatic carbocycles. The van der Waals surface area contributed by atoms with E-state index in [9.17, 15) is 9.59 Å². The van der Waals surface area contributed by atoms with Gasteiger partial charge in [-0.3, -0.25) is 14.5 Å². The molecule has 3 fully saturated rings. The highest BCUT2D eigenvalue weighted by molar-refractivity contribution is 5.95. The van der Waals surface area contributed by atoms with Crippen molar-refractivity contribution in [2.45, 2.75) is 153 Å². The molecule has 13 N–H and O–H groups in total. The van der Waals surface area contributed by atoms with Crippen LogP contribution in [0.4, 0.5) is 35.7 Å². The van der Waals surface area contributed by atoms with Gasteiger partial charge in [0.2, 0.25) is 35.7 Å². The first kappa shape index (κ1) is 90.7. The van der Waals surface area contributed by atoms with Crippen LogP contribution in [-0.2, 0) is 43.3 Å². The highest BCUT2D eigenvalue weighted by Gasteiger charge is 2.24. The van der Waals surface area contributed by atoms with E-state index in [2.05, 4.69) is 196 Å². The molecule has 1 amide bonds. The van der Waals surface area contributed by atoms with Crippen LogP contribution >= 0.6 is 0 Å². The van der Waals surface area contributed by atoms with Crippen molar-refractivity contribution in [2.24, 2.45) is 5.92 Å². The lowest BCUT2D eigenvalue weighted by atomic mass is 10.00. The van der Waals surface area contributed by atoms with E-state index >= 15 is 0 Å². The van der Waals surface area contributed by atoms with Gasteiger partial charge in [0.1, 0.15) is 0 Å². The van der Waals surface area contributed by atoms with E-state index in [1.54, 1.807) is 38.2 Å². The number of nitrogen functional groups attached to an aromatic ring is 6. The number of carbonyl (C=O) groups is 2. The standard InChI is InChI=1S/C20H28N4.C19H26N4O.C16H19N3.C14H16N4O.C14H15N3O.C14H15N3/c1-15-8-6-10-18(16(15)2)19-14-17(22-20(21)23-19)9-7-13-24-11-4-3-5-12-24;1-14-5-3-7-17(15(14)2)18-13-16(21-19(20)22-18)6-4-8-23-9-11-24-12-10-23;1-10-4-3-5-14(11(10)2)15-9-13(8-12-6-7-12)18-16(17)19-15;1-3-11-8-12(18-14(15)17-11)9-4-6-10(7-5-9)13(19)16-2;1-3-12-8-13(17-14(15)16-12)11-6-4-10(5-7-11)9(2)18;1-3-10-5-7-11(8-6-10)13-9-12(4-2)16-14(15)17-13/h6,8,10,14H,3-5,7,9,11-13H2,1-2H3,(H2,21,22,23);3,5,7,13H,4,6,8-12H2,1-2H3,(H2,20,21,22);3-5,9,12H,6-8H2,1-2H3,(H2,17,18,19);4-8H,3H2,1-2H3,(H,16,19)(H2,15,17,18);4-8H,3H2,1-2H3,(H2,15,16,17);3,5-9H,1,4H2,2H3,(H2,15,16,17). The highest BCUT2D eigenvalue weighted by Crippen LogP contribution is 2.35. The van der Waals surface area contributed by atoms with Crippen LogP contribution in [0, 0.1) is 47.5 Å². The molecule has 0 unspecified atom stereocenters. The number of likely N-dealkylation sites (tertiary alicyclic amines) is 1. The number of morpholine rings is 1. The normalized spacial score (nSPS) is 13.0. The minimum Gasteiger partial charge on any atom is -0.379 e. The average Bonchev–Trinajstić information content (AvgIpc) is 1.72. The third-order valence-corrected chi connectivity index (χ3v) is 21.8. The summed E-state index contributed by atoms with van der Waals surface area (Å²) in [5, 5.41) is 2.58. The fraction of sp³-hybridized carbons (Fsp3) is 0.340. The zero-order valence-corrected chi connectivity index (χ0v) is 72.2. The van der Waals surface area contributed by atoms with Gasteiger partial charge in [0.25, 0.3) is 5.91 Å². The van der Waals surface area contributed by atoms with Crippen molar-refractivity contribution >= 4 is 53.5 Å². The topological polar surface area (TPSA) is 373 Å². The number of aromatic nitrogens is 12. The van der Waals surface area contributed by atoms with E-state index in [4.69, 9.17) is 39.1 Å². The second-order valence-corrected chi connectivity index (χ2v) is 30.7. The lowest BCUT2D eigenvalue weighted by Crippen LogP contribution is -2.36. The zero-order chi connectivity index (χ0) is 86.5. The molecule has 1 aliphatic carbocycles. The molecule has 0 spiro atoms. The molecule has 12 aromatic rings. The smallest absolute Gasteiger partial charge is 0.251 e. The molecular formula is C97H119N21O3. The molecule has 0 bridgehead atoms. The van der Waals surface area contributed by atoms with E-state index in [1.165, 1.54) is 78.6 Å². The number of ether oxygens (including phenoxy) is 1. The van der Waals surface area contributed by atoms with Gasteiger partial charge in [-0.25, -0.2) is 59.8 Å². The second-order valence-electron chi connectivity index (χ2n) is 30.7. The van der Waals surface area contributed by atoms with Crippen molar-refractivity contribution < 1.29 is 14.3 Å². The molecule has 2 aliphatic heterocycles. The Kier molecular flexibility index (Phi) is 33.7. The largest absolute Gasteiger partial charge is 0.379 e. The predicted octanol–water partition coefficient (Wildman–Crippen LogP) is 16.7. The summed E-state index contributed by atoms with van der Waals surface area (Å²) in [5.74, 6) is 2.74. The monoisotopic (exact) mass is 1630 g/mol. The predicted molar refractivity (Wildman–Crippen MR) is 492 cm³/mol. The van der Waals surface area contributed by atoms with Crippen LogP contribution in [0.5, 0.6) is 0 Å². The van der Waals surface area contributed by atoms with Crippen molar-refractivity contribution in [2.75, 3.05) is 93.9 Å². The molecule has 15 rings (SSSR count). The van der Waals surface area contributed by atoms with E-state index in [-0.39, 0.29) is 23.6 Å². The number of hydrogen-bond acceptors (Lipinski definition) is 23. The minimum absolute atomic E-state index is 0.0537. The van der Waals surface area contributed by atoms with Crippen molar-refractivity contribution in [3.63, 3.8) is 0 Å². The van der Waals surface area contributed by atoms with E-state index in [0.29, 0.717) is 34.9 Å². The fourth-order valence-corrected chi connectivity index (χ4v) is 14.2. The van der Waals surface area contributed by atoms with E-state index in [1.807, 2.05) is 93.6 Å². The van der Waals surface area contributed by atoms with Gasteiger partial charge in [0.15, 0.2) is 5.78 Å². The zero-order valence-electron chi connectivity index (χ0n) is 72.2. The van der Waals surface area contributed by atoms with Crippen LogP contribution in [0.2, 0.25) is 0 Å². The Balaban J connectivity index is 0.000000153. The Morgan fingerprint density at radius 2 is 0.752 bits per heavy atom. The van der Waals surface area contributed by atoms with Crippen LogP contribution in [0.25, 0.3) is 73.6 Å². The molecule has 24 heteroatoms. The second kappa shape index (κ2) is 45.0. The molecule has 6 aromatic heterocycles. The number of aryl methyl sites for hydroxylation is 8. The van der Waals surface area contributed by atoms with Gasteiger partial charge in [-0.1, -0.05) is 155 Å². The molecule has 24 nitrogen and oxygen atoms in total. The number of nitrogens with one attached hydrogen (secondary N) is 1. The molecule has 0 atom stereocenters. The number of benzene rings is 6. The Morgan fingerprint density at radius 3 is 1.11 bits per heavy atom. The van der Waals surface area contributed by atoms with Crippen molar-refractivity contribution in [3.8, 4) is 67.5 Å². The van der Waals surface area contributed by atoms with Gasteiger partial charge >= 0.3 is 0 Å². The Bertz CT molecular complexity index is 5310. The maximum absolute atomic E-state index is 11.5. The van der Waals surface area contributed by atoms with Crippen LogP contribution in [-0.4, -0.2) is 141 Å². The summed E-state index contributed by atoms with van der Waals surface area (Å²) in [6.07, 6.45) is 16.1. The molecule has 3 aliphatic rings. The average molecular weight is 1630 g/mol. The first-order valence-electron chi connectivity index (χ1n) is 42.1. The number of hydrogen-bond donors (Lipinski definition) is 7. The van der Waals surface area contributed by atoms with Crippen LogP contribution < -0.4 is 39.7 Å². The number of nitrogens with zero attached hydrogens (tertiary/aromatic N) is 14. The SMILES string of the molecule is C=Cc1ccc(-c2cc(CC)nc(N)n2)cc1.CCc1cc(-c2ccc(C(=O)NC)cc2)nc(N)n1.CCc1cc(-c2ccc(C(C)=O)cc2)nc(N)n1.Cc1cccc(-c2cc(CC3CC3)nc(N)n2)c1C.Cc1cccc(-c2cc(CCCN3CCCCC3)nc(N)n2)c1C.Cc1cccc(-c2cc(CCCN3CCOCC3)nc(N)n2)c1C. The summed E-state index contributed by atoms with van der Waals surface area (Å²) in [5.41, 5.74) is 62.3. The molecule has 0 radical (unpaired) electrons. The Labute approximate surface area is 713 Å². The Hall–Kier alpha value is -12.6. The van der Waals surface area contributed by atoms with Gasteiger partial charge in [-0.2, -0.15) is 0 Å². The van der Waals surface area contributed by atoms with Gasteiger partial charge in [0.05, 0.1) is 47.4 Å². The van der Waals surface area contributed by atoms with Crippen molar-refractivity contribution in [1.29, 1.82) is 0 Å². The summed E-state index contributed by atoms with van der Waals surface area (Å²) < 4.78 is 5.39. The van der Waals surface area contributed by atoms with Crippen molar-refractivity contribution in [1.82, 2.24) is 74.9 Å². The van der Waals surface area contributed by atoms with Gasteiger partial charge < -0.3 is 49.4 Å². The number of carbonyl (C=O) groups excluding carboxylic acids is 2. The number of ketones is 1. The number of amides is 1. The molecule has 8 heterocycles. The van der Waals surface area contributed by atoms with E-state index in [0.717, 1.165) is 204 Å². The number of nitrogens with two attached hydrogens (primary N) is 6. The first-order chi connectivity index (χ1) is 58.3. The summed E-state index contributed by atoms with van der Waals surface area (Å²) in [4.78, 5) is 79.3. The summed E-state index contributed by atoms with van der Waals surface area (Å²) >= 11 is 0. The summed E-state index contributed by atoms with van der Waals surface area (Å²) in [6, 6.07) is 53.6. The molecule has 121 heavy (non-hydrogen) atoms. The summed E-state index contributed by atoms with van der Waals surface area (Å²) in [7, 11) is 1.61. The number of rotatable bonds is 22. The molecular weight excluding hydrogens is 1510 g/mol. The molecule has 1 saturated carbocycles. The maximum atomic E-state index is 11.5. The molecule has 2 saturated heterocycles.